The molecule has 0 atom stereocenters. The van der Waals surface area contributed by atoms with Gasteiger partial charge in [-0.3, -0.25) is 10.1 Å². The van der Waals surface area contributed by atoms with Gasteiger partial charge in [0.2, 0.25) is 11.8 Å². The molecule has 23 heavy (non-hydrogen) atoms. The van der Waals surface area contributed by atoms with Crippen molar-refractivity contribution in [2.75, 3.05) is 19.0 Å². The number of methoxy groups -OCH3 is 1. The van der Waals surface area contributed by atoms with Gasteiger partial charge in [-0.2, -0.15) is 4.98 Å². The molecular weight excluding hydrogens is 296 g/mol. The number of ether oxygens (including phenoxy) is 2. The fourth-order valence-corrected chi connectivity index (χ4v) is 2.97. The third kappa shape index (κ3) is 3.70. The van der Waals surface area contributed by atoms with E-state index in [1.807, 2.05) is 0 Å². The maximum atomic E-state index is 6.16. The van der Waals surface area contributed by atoms with Gasteiger partial charge in [0.15, 0.2) is 5.82 Å². The average Bonchev–Trinajstić information content (AvgIpc) is 3.18. The molecule has 0 saturated heterocycles. The molecule has 3 rings (SSSR count). The largest absolute Gasteiger partial charge is 0.480 e. The Balaban J connectivity index is 1.71. The van der Waals surface area contributed by atoms with Crippen molar-refractivity contribution in [3.8, 4) is 11.8 Å². The van der Waals surface area contributed by atoms with Crippen LogP contribution in [0.1, 0.15) is 32.1 Å². The molecule has 8 heteroatoms. The van der Waals surface area contributed by atoms with E-state index in [9.17, 15) is 0 Å². The van der Waals surface area contributed by atoms with Crippen LogP contribution in [0.5, 0.6) is 11.8 Å². The number of H-pyrrole nitrogens is 1. The zero-order chi connectivity index (χ0) is 16.1. The topological polar surface area (TPSA) is 111 Å². The monoisotopic (exact) mass is 318 g/mol. The molecule has 0 unspecified atom stereocenters. The quantitative estimate of drug-likeness (QED) is 0.716. The van der Waals surface area contributed by atoms with Crippen molar-refractivity contribution in [1.29, 1.82) is 0 Å². The molecule has 1 saturated carbocycles. The summed E-state index contributed by atoms with van der Waals surface area (Å²) in [5.74, 6) is 2.26. The molecule has 0 aromatic carbocycles. The molecule has 0 bridgehead atoms. The van der Waals surface area contributed by atoms with Gasteiger partial charge < -0.3 is 20.5 Å². The molecule has 1 fully saturated rings. The number of nitrogens with zero attached hydrogens (tertiary/aromatic N) is 3. The van der Waals surface area contributed by atoms with E-state index in [-0.39, 0.29) is 5.60 Å². The summed E-state index contributed by atoms with van der Waals surface area (Å²) in [6.07, 6.45) is 8.46. The summed E-state index contributed by atoms with van der Waals surface area (Å²) in [7, 11) is 1.56. The van der Waals surface area contributed by atoms with Crippen LogP contribution in [0, 0.1) is 0 Å². The van der Waals surface area contributed by atoms with Crippen LogP contribution in [0.4, 0.5) is 11.6 Å². The number of aromatic amines is 1. The second kappa shape index (κ2) is 6.82. The minimum absolute atomic E-state index is 0.195. The first-order valence-electron chi connectivity index (χ1n) is 7.81. The molecule has 2 aromatic rings. The number of aromatic nitrogens is 4. The molecule has 124 valence electrons. The van der Waals surface area contributed by atoms with Crippen LogP contribution in [0.15, 0.2) is 18.5 Å². The summed E-state index contributed by atoms with van der Waals surface area (Å²) in [6.45, 7) is 0.610. The van der Waals surface area contributed by atoms with Crippen molar-refractivity contribution in [2.24, 2.45) is 5.73 Å². The molecule has 2 heterocycles. The van der Waals surface area contributed by atoms with E-state index in [0.717, 1.165) is 19.3 Å². The van der Waals surface area contributed by atoms with Crippen molar-refractivity contribution in [3.05, 3.63) is 18.5 Å². The van der Waals surface area contributed by atoms with Crippen molar-refractivity contribution in [2.45, 2.75) is 37.7 Å². The molecule has 1 aliphatic rings. The highest BCUT2D eigenvalue weighted by Crippen LogP contribution is 2.36. The number of hydrogen-bond acceptors (Lipinski definition) is 7. The summed E-state index contributed by atoms with van der Waals surface area (Å²) in [6, 6.07) is 1.74. The van der Waals surface area contributed by atoms with E-state index in [2.05, 4.69) is 25.5 Å². The van der Waals surface area contributed by atoms with Gasteiger partial charge in [0.25, 0.3) is 0 Å². The van der Waals surface area contributed by atoms with E-state index >= 15 is 0 Å². The number of rotatable bonds is 7. The smallest absolute Gasteiger partial charge is 0.234 e. The molecule has 8 nitrogen and oxygen atoms in total. The highest BCUT2D eigenvalue weighted by molar-refractivity contribution is 5.51. The summed E-state index contributed by atoms with van der Waals surface area (Å²) in [4.78, 5) is 8.66. The summed E-state index contributed by atoms with van der Waals surface area (Å²) in [5, 5.41) is 9.88. The Morgan fingerprint density at radius 1 is 1.30 bits per heavy atom. The van der Waals surface area contributed by atoms with Crippen molar-refractivity contribution >= 4 is 11.6 Å². The van der Waals surface area contributed by atoms with Crippen molar-refractivity contribution < 1.29 is 9.47 Å². The predicted octanol–water partition coefficient (Wildman–Crippen LogP) is 1.99. The Labute approximate surface area is 134 Å². The lowest BCUT2D eigenvalue weighted by Gasteiger charge is -2.29. The highest BCUT2D eigenvalue weighted by Gasteiger charge is 2.35. The number of nitrogens with two attached hydrogens (primary N) is 1. The Kier molecular flexibility index (Phi) is 4.61. The minimum Gasteiger partial charge on any atom is -0.480 e. The van der Waals surface area contributed by atoms with Gasteiger partial charge in [-0.15, -0.1) is 5.10 Å². The summed E-state index contributed by atoms with van der Waals surface area (Å²) in [5.41, 5.74) is 5.55. The first-order valence-corrected chi connectivity index (χ1v) is 7.81. The van der Waals surface area contributed by atoms with E-state index < -0.39 is 0 Å². The molecule has 0 amide bonds. The van der Waals surface area contributed by atoms with Gasteiger partial charge in [-0.25, -0.2) is 0 Å². The number of nitrogens with one attached hydrogen (secondary N) is 2. The number of hydrogen-bond donors (Lipinski definition) is 3. The average molecular weight is 318 g/mol. The van der Waals surface area contributed by atoms with Gasteiger partial charge in [-0.1, -0.05) is 0 Å². The predicted molar refractivity (Wildman–Crippen MR) is 86.0 cm³/mol. The normalized spacial score (nSPS) is 16.3. The van der Waals surface area contributed by atoms with Gasteiger partial charge in [0, 0.05) is 6.07 Å². The first-order chi connectivity index (χ1) is 11.2. The third-order valence-electron chi connectivity index (χ3n) is 4.07. The van der Waals surface area contributed by atoms with Gasteiger partial charge >= 0.3 is 0 Å². The van der Waals surface area contributed by atoms with Crippen LogP contribution >= 0.6 is 0 Å². The Morgan fingerprint density at radius 3 is 2.83 bits per heavy atom. The SMILES string of the molecule is COc1cc(Nc2cncc(OC3(CCN)CCCC3)n2)[nH]n1. The maximum absolute atomic E-state index is 6.16. The lowest BCUT2D eigenvalue weighted by Crippen LogP contribution is -2.35. The standard InChI is InChI=1S/C15H22N6O2/c1-22-13-8-11(20-21-13)18-12-9-17-10-14(19-12)23-15(6-7-16)4-2-3-5-15/h8-10H,2-7,16H2,1H3,(H2,18,19,20,21). The Bertz CT molecular complexity index is 638. The molecule has 4 N–H and O–H groups in total. The van der Waals surface area contributed by atoms with Gasteiger partial charge in [-0.05, 0) is 38.6 Å². The van der Waals surface area contributed by atoms with Crippen LogP contribution in [-0.2, 0) is 0 Å². The third-order valence-corrected chi connectivity index (χ3v) is 4.07. The van der Waals surface area contributed by atoms with E-state index in [1.165, 1.54) is 12.8 Å². The van der Waals surface area contributed by atoms with Crippen LogP contribution in [0.2, 0.25) is 0 Å². The highest BCUT2D eigenvalue weighted by atomic mass is 16.5. The molecule has 0 radical (unpaired) electrons. The molecule has 1 aliphatic carbocycles. The second-order valence-corrected chi connectivity index (χ2v) is 5.72. The van der Waals surface area contributed by atoms with Crippen LogP contribution in [0.3, 0.4) is 0 Å². The van der Waals surface area contributed by atoms with E-state index in [0.29, 0.717) is 29.9 Å². The Morgan fingerprint density at radius 2 is 2.13 bits per heavy atom. The zero-order valence-corrected chi connectivity index (χ0v) is 13.2. The lowest BCUT2D eigenvalue weighted by atomic mass is 9.98. The zero-order valence-electron chi connectivity index (χ0n) is 13.2. The van der Waals surface area contributed by atoms with Crippen LogP contribution < -0.4 is 20.5 Å². The fraction of sp³-hybridized carbons (Fsp3) is 0.533. The van der Waals surface area contributed by atoms with Crippen molar-refractivity contribution in [1.82, 2.24) is 20.2 Å². The van der Waals surface area contributed by atoms with Gasteiger partial charge in [0.05, 0.1) is 19.5 Å². The Hall–Kier alpha value is -2.35. The molecule has 0 spiro atoms. The van der Waals surface area contributed by atoms with Crippen LogP contribution in [-0.4, -0.2) is 39.4 Å². The second-order valence-electron chi connectivity index (χ2n) is 5.72. The van der Waals surface area contributed by atoms with E-state index in [1.54, 1.807) is 25.6 Å². The van der Waals surface area contributed by atoms with E-state index in [4.69, 9.17) is 15.2 Å². The molecule has 0 aliphatic heterocycles. The lowest BCUT2D eigenvalue weighted by molar-refractivity contribution is 0.0638. The number of anilines is 2. The van der Waals surface area contributed by atoms with Gasteiger partial charge in [0.1, 0.15) is 11.4 Å². The summed E-state index contributed by atoms with van der Waals surface area (Å²) < 4.78 is 11.2. The van der Waals surface area contributed by atoms with Crippen molar-refractivity contribution in [3.63, 3.8) is 0 Å². The van der Waals surface area contributed by atoms with Crippen LogP contribution in [0.25, 0.3) is 0 Å². The first kappa shape index (κ1) is 15.5. The fourth-order valence-electron chi connectivity index (χ4n) is 2.97. The minimum atomic E-state index is -0.195. The molecule has 2 aromatic heterocycles. The maximum Gasteiger partial charge on any atom is 0.234 e. The summed E-state index contributed by atoms with van der Waals surface area (Å²) >= 11 is 0. The molecular formula is C15H22N6O2.